The van der Waals surface area contributed by atoms with Crippen LogP contribution in [-0.4, -0.2) is 47.6 Å². The molecule has 0 radical (unpaired) electrons. The van der Waals surface area contributed by atoms with Crippen molar-refractivity contribution in [1.82, 2.24) is 14.9 Å². The summed E-state index contributed by atoms with van der Waals surface area (Å²) in [4.78, 5) is 23.4. The average molecular weight is 529 g/mol. The predicted octanol–water partition coefficient (Wildman–Crippen LogP) is 5.33. The van der Waals surface area contributed by atoms with Crippen LogP contribution in [0.25, 0.3) is 10.9 Å². The van der Waals surface area contributed by atoms with Crippen LogP contribution in [0.2, 0.25) is 0 Å². The maximum Gasteiger partial charge on any atom is 0.253 e. The third kappa shape index (κ3) is 5.04. The second-order valence-electron chi connectivity index (χ2n) is 10.2. The van der Waals surface area contributed by atoms with Gasteiger partial charge in [0.2, 0.25) is 5.88 Å². The molecule has 2 fully saturated rings. The highest BCUT2D eigenvalue weighted by atomic mass is 19.1. The lowest BCUT2D eigenvalue weighted by molar-refractivity contribution is 0.0775. The van der Waals surface area contributed by atoms with Gasteiger partial charge in [0.1, 0.15) is 6.33 Å². The maximum absolute atomic E-state index is 14.3. The van der Waals surface area contributed by atoms with Crippen molar-refractivity contribution in [3.05, 3.63) is 78.4 Å². The van der Waals surface area contributed by atoms with Crippen LogP contribution in [0.3, 0.4) is 0 Å². The number of nitrogens with two attached hydrogens (primary N) is 1. The van der Waals surface area contributed by atoms with Crippen molar-refractivity contribution in [2.45, 2.75) is 12.8 Å². The van der Waals surface area contributed by atoms with Gasteiger partial charge >= 0.3 is 0 Å². The molecule has 1 saturated heterocycles. The Kier molecular flexibility index (Phi) is 6.64. The topological polar surface area (TPSA) is 99.8 Å². The van der Waals surface area contributed by atoms with Crippen LogP contribution in [0, 0.1) is 23.6 Å². The Hall–Kier alpha value is -4.40. The van der Waals surface area contributed by atoms with Crippen molar-refractivity contribution >= 4 is 22.5 Å². The molecule has 200 valence electrons. The minimum atomic E-state index is -0.581. The zero-order valence-electron chi connectivity index (χ0n) is 21.5. The highest BCUT2D eigenvalue weighted by molar-refractivity contribution is 5.94. The van der Waals surface area contributed by atoms with E-state index in [0.717, 1.165) is 31.5 Å². The first kappa shape index (κ1) is 24.9. The number of amides is 1. The first-order valence-electron chi connectivity index (χ1n) is 13.0. The summed E-state index contributed by atoms with van der Waals surface area (Å²) in [5, 5.41) is 0.566. The van der Waals surface area contributed by atoms with Crippen LogP contribution in [0.1, 0.15) is 23.2 Å². The molecule has 2 unspecified atom stereocenters. The van der Waals surface area contributed by atoms with E-state index in [4.69, 9.17) is 19.9 Å². The van der Waals surface area contributed by atoms with Crippen LogP contribution < -0.4 is 19.9 Å². The number of ether oxygens (including phenoxy) is 3. The number of aromatic nitrogens is 2. The van der Waals surface area contributed by atoms with Crippen LogP contribution >= 0.6 is 0 Å². The Bertz CT molecular complexity index is 1500. The number of carbonyl (C=O) groups is 1. The third-order valence-corrected chi connectivity index (χ3v) is 7.68. The molecule has 8 nitrogen and oxygen atoms in total. The Morgan fingerprint density at radius 1 is 1.00 bits per heavy atom. The van der Waals surface area contributed by atoms with Crippen LogP contribution in [-0.2, 0) is 0 Å². The summed E-state index contributed by atoms with van der Waals surface area (Å²) in [5.41, 5.74) is 7.28. The van der Waals surface area contributed by atoms with Gasteiger partial charge in [0.25, 0.3) is 5.91 Å². The van der Waals surface area contributed by atoms with Gasteiger partial charge in [-0.3, -0.25) is 4.79 Å². The van der Waals surface area contributed by atoms with Gasteiger partial charge in [0.15, 0.2) is 23.1 Å². The van der Waals surface area contributed by atoms with E-state index >= 15 is 0 Å². The van der Waals surface area contributed by atoms with Gasteiger partial charge in [0, 0.05) is 36.5 Å². The Morgan fingerprint density at radius 3 is 2.49 bits per heavy atom. The molecule has 39 heavy (non-hydrogen) atoms. The molecule has 1 aromatic heterocycles. The smallest absolute Gasteiger partial charge is 0.253 e. The van der Waals surface area contributed by atoms with Gasteiger partial charge < -0.3 is 24.8 Å². The molecule has 2 heterocycles. The van der Waals surface area contributed by atoms with Crippen molar-refractivity contribution in [1.29, 1.82) is 0 Å². The number of rotatable bonds is 7. The van der Waals surface area contributed by atoms with Crippen LogP contribution in [0.5, 0.6) is 23.1 Å². The van der Waals surface area contributed by atoms with Gasteiger partial charge in [-0.15, -0.1) is 0 Å². The number of halogens is 1. The molecule has 1 saturated carbocycles. The maximum atomic E-state index is 14.3. The largest absolute Gasteiger partial charge is 0.493 e. The van der Waals surface area contributed by atoms with Gasteiger partial charge in [-0.25, -0.2) is 14.4 Å². The molecular formula is C30H29FN4O4. The number of likely N-dealkylation sites (tertiary alicyclic amines) is 1. The molecule has 0 bridgehead atoms. The number of nitrogen functional groups attached to an aromatic ring is 1. The number of nitrogens with zero attached hydrogens (tertiary/aromatic N) is 3. The Morgan fingerprint density at radius 2 is 1.77 bits per heavy atom. The number of methoxy groups -OCH3 is 1. The minimum absolute atomic E-state index is 0.0132. The Labute approximate surface area is 225 Å². The molecule has 4 aromatic rings. The number of benzene rings is 3. The molecule has 3 aromatic carbocycles. The highest BCUT2D eigenvalue weighted by Gasteiger charge is 2.42. The van der Waals surface area contributed by atoms with E-state index in [2.05, 4.69) is 9.97 Å². The van der Waals surface area contributed by atoms with E-state index < -0.39 is 5.82 Å². The second-order valence-corrected chi connectivity index (χ2v) is 10.2. The van der Waals surface area contributed by atoms with Gasteiger partial charge in [0.05, 0.1) is 24.6 Å². The third-order valence-electron chi connectivity index (χ3n) is 7.68. The molecule has 2 atom stereocenters. The Balaban J connectivity index is 1.12. The summed E-state index contributed by atoms with van der Waals surface area (Å²) in [6, 6.07) is 17.2. The molecule has 1 aliphatic carbocycles. The summed E-state index contributed by atoms with van der Waals surface area (Å²) in [5.74, 6) is 2.21. The molecule has 0 spiro atoms. The SMILES string of the molecule is COc1cc2c(Oc3ccc(N)cc3F)ncnc2cc1OCC1CC2CN(C(=O)c3ccccc3)CC2C1. The molecule has 1 amide bonds. The quantitative estimate of drug-likeness (QED) is 0.324. The fraction of sp³-hybridized carbons (Fsp3) is 0.300. The lowest BCUT2D eigenvalue weighted by Crippen LogP contribution is -2.30. The number of hydrogen-bond donors (Lipinski definition) is 1. The predicted molar refractivity (Wildman–Crippen MR) is 145 cm³/mol. The summed E-state index contributed by atoms with van der Waals surface area (Å²) in [7, 11) is 1.57. The lowest BCUT2D eigenvalue weighted by atomic mass is 10.0. The first-order valence-corrected chi connectivity index (χ1v) is 13.0. The fourth-order valence-corrected chi connectivity index (χ4v) is 5.80. The summed E-state index contributed by atoms with van der Waals surface area (Å²) >= 11 is 0. The van der Waals surface area contributed by atoms with E-state index in [1.165, 1.54) is 18.5 Å². The van der Waals surface area contributed by atoms with Crippen molar-refractivity contribution in [2.75, 3.05) is 32.5 Å². The molecule has 1 aliphatic heterocycles. The van der Waals surface area contributed by atoms with Crippen LogP contribution in [0.15, 0.2) is 67.0 Å². The number of hydrogen-bond acceptors (Lipinski definition) is 7. The van der Waals surface area contributed by atoms with E-state index in [-0.39, 0.29) is 17.5 Å². The fourth-order valence-electron chi connectivity index (χ4n) is 5.80. The van der Waals surface area contributed by atoms with E-state index in [9.17, 15) is 9.18 Å². The van der Waals surface area contributed by atoms with E-state index in [1.807, 2.05) is 35.2 Å². The molecule has 6 rings (SSSR count). The molecule has 2 N–H and O–H groups in total. The summed E-state index contributed by atoms with van der Waals surface area (Å²) < 4.78 is 31.9. The normalized spacial score (nSPS) is 20.2. The number of carbonyl (C=O) groups excluding carboxylic acids is 1. The zero-order valence-corrected chi connectivity index (χ0v) is 21.5. The standard InChI is InChI=1S/C30H29FN4O4/c1-37-27-12-23-25(33-17-34-29(23)39-26-8-7-22(32)11-24(26)31)13-28(27)38-16-18-9-20-14-35(15-21(20)10-18)30(36)19-5-3-2-4-6-19/h2-8,11-13,17-18,20-21H,9-10,14-16,32H2,1H3. The van der Waals surface area contributed by atoms with Crippen LogP contribution in [0.4, 0.5) is 10.1 Å². The van der Waals surface area contributed by atoms with Crippen molar-refractivity contribution in [2.24, 2.45) is 17.8 Å². The van der Waals surface area contributed by atoms with Gasteiger partial charge in [-0.05, 0) is 60.9 Å². The van der Waals surface area contributed by atoms with Gasteiger partial charge in [-0.1, -0.05) is 18.2 Å². The average Bonchev–Trinajstić information content (AvgIpc) is 3.52. The molecule has 2 aliphatic rings. The minimum Gasteiger partial charge on any atom is -0.493 e. The van der Waals surface area contributed by atoms with Crippen molar-refractivity contribution in [3.63, 3.8) is 0 Å². The summed E-state index contributed by atoms with van der Waals surface area (Å²) in [6.45, 7) is 2.14. The highest BCUT2D eigenvalue weighted by Crippen LogP contribution is 2.43. The van der Waals surface area contributed by atoms with E-state index in [0.29, 0.717) is 52.4 Å². The molecule has 9 heteroatoms. The molecular weight excluding hydrogens is 499 g/mol. The van der Waals surface area contributed by atoms with Crippen molar-refractivity contribution in [3.8, 4) is 23.1 Å². The number of fused-ring (bicyclic) bond motifs is 2. The van der Waals surface area contributed by atoms with Crippen molar-refractivity contribution < 1.29 is 23.4 Å². The first-order chi connectivity index (χ1) is 19.0. The van der Waals surface area contributed by atoms with E-state index in [1.54, 1.807) is 25.3 Å². The number of anilines is 1. The zero-order chi connectivity index (χ0) is 26.9. The van der Waals surface area contributed by atoms with Gasteiger partial charge in [-0.2, -0.15) is 0 Å². The monoisotopic (exact) mass is 528 g/mol. The lowest BCUT2D eigenvalue weighted by Gasteiger charge is -2.20. The second kappa shape index (κ2) is 10.4. The summed E-state index contributed by atoms with van der Waals surface area (Å²) in [6.07, 6.45) is 3.41.